The normalized spacial score (nSPS) is 38.7. The lowest BCUT2D eigenvalue weighted by Gasteiger charge is -2.26. The second-order valence-corrected chi connectivity index (χ2v) is 6.33. The second kappa shape index (κ2) is 5.42. The van der Waals surface area contributed by atoms with E-state index in [2.05, 4.69) is 17.5 Å². The van der Waals surface area contributed by atoms with Gasteiger partial charge in [-0.2, -0.15) is 10.5 Å². The van der Waals surface area contributed by atoms with Crippen LogP contribution in [0.5, 0.6) is 0 Å². The number of rotatable bonds is 3. The van der Waals surface area contributed by atoms with Crippen LogP contribution in [0.2, 0.25) is 0 Å². The van der Waals surface area contributed by atoms with Crippen LogP contribution in [0.25, 0.3) is 0 Å². The maximum absolute atomic E-state index is 12.3. The molecule has 2 aliphatic carbocycles. The minimum absolute atomic E-state index is 0.0941. The lowest BCUT2D eigenvalue weighted by Crippen LogP contribution is -2.47. The van der Waals surface area contributed by atoms with Gasteiger partial charge in [-0.3, -0.25) is 4.79 Å². The average Bonchev–Trinajstić information content (AvgIpc) is 3.17. The third-order valence-electron chi connectivity index (χ3n) is 5.22. The highest BCUT2D eigenvalue weighted by Gasteiger charge is 2.41. The first-order valence-corrected chi connectivity index (χ1v) is 7.56. The zero-order chi connectivity index (χ0) is 14.1. The summed E-state index contributed by atoms with van der Waals surface area (Å²) in [4.78, 5) is 13.8. The number of carbonyl (C=O) groups excluding carboxylic acids is 1. The van der Waals surface area contributed by atoms with E-state index in [0.29, 0.717) is 18.9 Å². The number of fused-ring (bicyclic) bond motifs is 2. The fourth-order valence-electron chi connectivity index (χ4n) is 4.22. The van der Waals surface area contributed by atoms with Crippen LogP contribution in [-0.4, -0.2) is 35.5 Å². The molecule has 1 N–H and O–H groups in total. The molecule has 1 saturated heterocycles. The number of amides is 1. The molecule has 0 aromatic rings. The van der Waals surface area contributed by atoms with E-state index in [1.165, 1.54) is 30.6 Å². The summed E-state index contributed by atoms with van der Waals surface area (Å²) < 4.78 is 0. The van der Waals surface area contributed by atoms with E-state index in [4.69, 9.17) is 10.5 Å². The molecule has 0 spiro atoms. The number of hydrogen-bond donors (Lipinski definition) is 1. The first-order chi connectivity index (χ1) is 9.72. The number of nitrogens with zero attached hydrogens (tertiary/aromatic N) is 3. The molecule has 106 valence electrons. The molecule has 3 rings (SSSR count). The van der Waals surface area contributed by atoms with Gasteiger partial charge < -0.3 is 10.2 Å². The van der Waals surface area contributed by atoms with Crippen LogP contribution in [0.15, 0.2) is 0 Å². The molecule has 1 aliphatic heterocycles. The molecule has 2 bridgehead atoms. The highest BCUT2D eigenvalue weighted by Crippen LogP contribution is 2.44. The largest absolute Gasteiger partial charge is 0.310 e. The molecule has 1 heterocycles. The molecule has 0 radical (unpaired) electrons. The fourth-order valence-corrected chi connectivity index (χ4v) is 4.22. The van der Waals surface area contributed by atoms with Crippen LogP contribution in [-0.2, 0) is 4.79 Å². The van der Waals surface area contributed by atoms with Crippen molar-refractivity contribution in [3.8, 4) is 12.1 Å². The highest BCUT2D eigenvalue weighted by atomic mass is 16.2. The standard InChI is InChI=1S/C15H20N4O/c16-7-12-3-4-13(8-17)19(12)15(20)9-18-14-6-10-1-2-11(14)5-10/h10-14,18H,1-6,9H2/t10-,11+,12-,13+,14+/m1/s1. The van der Waals surface area contributed by atoms with E-state index in [0.717, 1.165) is 11.8 Å². The van der Waals surface area contributed by atoms with Crippen molar-refractivity contribution in [1.29, 1.82) is 10.5 Å². The van der Waals surface area contributed by atoms with Crippen LogP contribution >= 0.6 is 0 Å². The van der Waals surface area contributed by atoms with Crippen molar-refractivity contribution in [1.82, 2.24) is 10.2 Å². The Morgan fingerprint density at radius 3 is 2.30 bits per heavy atom. The Balaban J connectivity index is 1.56. The minimum atomic E-state index is -0.422. The van der Waals surface area contributed by atoms with E-state index >= 15 is 0 Å². The summed E-state index contributed by atoms with van der Waals surface area (Å²) >= 11 is 0. The molecule has 0 aromatic heterocycles. The van der Waals surface area contributed by atoms with Gasteiger partial charge in [-0.1, -0.05) is 6.42 Å². The Labute approximate surface area is 119 Å². The zero-order valence-electron chi connectivity index (χ0n) is 11.6. The van der Waals surface area contributed by atoms with Crippen molar-refractivity contribution in [2.45, 2.75) is 56.7 Å². The quantitative estimate of drug-likeness (QED) is 0.836. The molecule has 3 aliphatic rings. The van der Waals surface area contributed by atoms with Crippen LogP contribution in [0, 0.1) is 34.5 Å². The lowest BCUT2D eigenvalue weighted by atomic mass is 9.95. The molecule has 0 aromatic carbocycles. The molecule has 0 unspecified atom stereocenters. The molecule has 5 atom stereocenters. The van der Waals surface area contributed by atoms with Gasteiger partial charge in [-0.05, 0) is 43.9 Å². The van der Waals surface area contributed by atoms with Gasteiger partial charge >= 0.3 is 0 Å². The number of carbonyl (C=O) groups is 1. The number of nitriles is 2. The van der Waals surface area contributed by atoms with Crippen molar-refractivity contribution >= 4 is 5.91 Å². The third-order valence-corrected chi connectivity index (χ3v) is 5.22. The molecule has 5 heteroatoms. The molecule has 3 fully saturated rings. The number of hydrogen-bond acceptors (Lipinski definition) is 4. The van der Waals surface area contributed by atoms with Crippen LogP contribution in [0.3, 0.4) is 0 Å². The van der Waals surface area contributed by atoms with Gasteiger partial charge in [0.2, 0.25) is 5.91 Å². The van der Waals surface area contributed by atoms with Crippen molar-refractivity contribution in [2.75, 3.05) is 6.54 Å². The summed E-state index contributed by atoms with van der Waals surface area (Å²) in [6, 6.07) is 3.90. The van der Waals surface area contributed by atoms with Gasteiger partial charge in [0.15, 0.2) is 0 Å². The Kier molecular flexibility index (Phi) is 3.63. The van der Waals surface area contributed by atoms with Gasteiger partial charge in [0, 0.05) is 6.04 Å². The molecular formula is C15H20N4O. The number of likely N-dealkylation sites (tertiary alicyclic amines) is 1. The average molecular weight is 272 g/mol. The SMILES string of the molecule is N#C[C@@H]1CC[C@H](C#N)N1C(=O)CN[C@H]1C[C@@H]2CC[C@H]1C2. The van der Waals surface area contributed by atoms with Crippen molar-refractivity contribution < 1.29 is 4.79 Å². The van der Waals surface area contributed by atoms with E-state index in [-0.39, 0.29) is 12.5 Å². The van der Waals surface area contributed by atoms with Gasteiger partial charge in [0.1, 0.15) is 12.1 Å². The van der Waals surface area contributed by atoms with Gasteiger partial charge in [-0.25, -0.2) is 0 Å². The molecule has 1 amide bonds. The maximum Gasteiger partial charge on any atom is 0.238 e. The smallest absolute Gasteiger partial charge is 0.238 e. The Hall–Kier alpha value is -1.59. The Morgan fingerprint density at radius 1 is 1.10 bits per heavy atom. The van der Waals surface area contributed by atoms with Crippen LogP contribution in [0.1, 0.15) is 38.5 Å². The van der Waals surface area contributed by atoms with Crippen molar-refractivity contribution in [3.05, 3.63) is 0 Å². The predicted octanol–water partition coefficient (Wildman–Crippen LogP) is 1.17. The summed E-state index contributed by atoms with van der Waals surface area (Å²) in [6.07, 6.45) is 6.35. The van der Waals surface area contributed by atoms with Gasteiger partial charge in [-0.15, -0.1) is 0 Å². The fraction of sp³-hybridized carbons (Fsp3) is 0.800. The summed E-state index contributed by atoms with van der Waals surface area (Å²) in [6.45, 7) is 0.268. The first kappa shape index (κ1) is 13.4. The summed E-state index contributed by atoms with van der Waals surface area (Å²) in [5.74, 6) is 1.48. The second-order valence-electron chi connectivity index (χ2n) is 6.33. The summed E-state index contributed by atoms with van der Waals surface area (Å²) in [7, 11) is 0. The number of nitrogens with one attached hydrogen (secondary N) is 1. The van der Waals surface area contributed by atoms with Crippen molar-refractivity contribution in [3.63, 3.8) is 0 Å². The Bertz CT molecular complexity index is 455. The van der Waals surface area contributed by atoms with Crippen LogP contribution < -0.4 is 5.32 Å². The zero-order valence-corrected chi connectivity index (χ0v) is 11.6. The van der Waals surface area contributed by atoms with E-state index in [1.807, 2.05) is 0 Å². The Morgan fingerprint density at radius 2 is 1.80 bits per heavy atom. The monoisotopic (exact) mass is 272 g/mol. The molecule has 5 nitrogen and oxygen atoms in total. The lowest BCUT2D eigenvalue weighted by molar-refractivity contribution is -0.131. The predicted molar refractivity (Wildman–Crippen MR) is 72.1 cm³/mol. The van der Waals surface area contributed by atoms with E-state index in [1.54, 1.807) is 0 Å². The topological polar surface area (TPSA) is 79.9 Å². The third kappa shape index (κ3) is 2.27. The molecular weight excluding hydrogens is 252 g/mol. The summed E-state index contributed by atoms with van der Waals surface area (Å²) in [5.41, 5.74) is 0. The van der Waals surface area contributed by atoms with Crippen molar-refractivity contribution in [2.24, 2.45) is 11.8 Å². The first-order valence-electron chi connectivity index (χ1n) is 7.56. The highest BCUT2D eigenvalue weighted by molar-refractivity contribution is 5.80. The molecule has 20 heavy (non-hydrogen) atoms. The van der Waals surface area contributed by atoms with E-state index < -0.39 is 12.1 Å². The molecule has 2 saturated carbocycles. The maximum atomic E-state index is 12.3. The van der Waals surface area contributed by atoms with E-state index in [9.17, 15) is 4.79 Å². The van der Waals surface area contributed by atoms with Gasteiger partial charge in [0.25, 0.3) is 0 Å². The summed E-state index contributed by atoms with van der Waals surface area (Å²) in [5, 5.41) is 21.6. The minimum Gasteiger partial charge on any atom is -0.310 e. The van der Waals surface area contributed by atoms with Gasteiger partial charge in [0.05, 0.1) is 18.7 Å². The van der Waals surface area contributed by atoms with Crippen LogP contribution in [0.4, 0.5) is 0 Å².